The van der Waals surface area contributed by atoms with Crippen molar-refractivity contribution in [2.24, 2.45) is 0 Å². The maximum atomic E-state index is 12.1. The summed E-state index contributed by atoms with van der Waals surface area (Å²) < 4.78 is 6.55. The van der Waals surface area contributed by atoms with Crippen molar-refractivity contribution in [2.45, 2.75) is 27.3 Å². The molecule has 0 spiro atoms. The maximum Gasteiger partial charge on any atom is 0.285 e. The quantitative estimate of drug-likeness (QED) is 0.798. The summed E-state index contributed by atoms with van der Waals surface area (Å²) in [6.45, 7) is 5.71. The van der Waals surface area contributed by atoms with Gasteiger partial charge in [0.1, 0.15) is 30.5 Å². The van der Waals surface area contributed by atoms with E-state index in [1.54, 1.807) is 13.8 Å². The Morgan fingerprint density at radius 2 is 2.12 bits per heavy atom. The number of carbonyl (C=O) groups is 1. The number of hydrogen-bond donors (Lipinski definition) is 1. The van der Waals surface area contributed by atoms with Crippen molar-refractivity contribution in [3.05, 3.63) is 57.0 Å². The summed E-state index contributed by atoms with van der Waals surface area (Å²) in [5.74, 6) is 0.370. The van der Waals surface area contributed by atoms with Crippen LogP contribution in [-0.4, -0.2) is 28.8 Å². The van der Waals surface area contributed by atoms with Crippen molar-refractivity contribution in [1.82, 2.24) is 15.1 Å². The van der Waals surface area contributed by atoms with Crippen LogP contribution >= 0.6 is 0 Å². The third kappa shape index (κ3) is 4.67. The summed E-state index contributed by atoms with van der Waals surface area (Å²) in [7, 11) is 0. The molecule has 2 aromatic rings. The van der Waals surface area contributed by atoms with E-state index in [-0.39, 0.29) is 18.0 Å². The highest BCUT2D eigenvalue weighted by Gasteiger charge is 2.13. The first kappa shape index (κ1) is 18.2. The summed E-state index contributed by atoms with van der Waals surface area (Å²) in [5.41, 5.74) is 1.64. The lowest BCUT2D eigenvalue weighted by Crippen LogP contribution is -2.37. The van der Waals surface area contributed by atoms with E-state index in [1.165, 1.54) is 0 Å². The van der Waals surface area contributed by atoms with Crippen LogP contribution in [0.3, 0.4) is 0 Å². The minimum Gasteiger partial charge on any atom is -0.492 e. The van der Waals surface area contributed by atoms with Crippen LogP contribution in [0.2, 0.25) is 0 Å². The smallest absolute Gasteiger partial charge is 0.285 e. The number of hydrogen-bond acceptors (Lipinski definition) is 5. The van der Waals surface area contributed by atoms with Crippen molar-refractivity contribution in [1.29, 1.82) is 5.26 Å². The van der Waals surface area contributed by atoms with Gasteiger partial charge >= 0.3 is 0 Å². The van der Waals surface area contributed by atoms with E-state index < -0.39 is 5.56 Å². The van der Waals surface area contributed by atoms with Crippen LogP contribution in [0.5, 0.6) is 5.75 Å². The molecular formula is C18H20N4O3. The summed E-state index contributed by atoms with van der Waals surface area (Å²) >= 11 is 0. The van der Waals surface area contributed by atoms with E-state index in [9.17, 15) is 9.59 Å². The predicted molar refractivity (Wildman–Crippen MR) is 92.4 cm³/mol. The molecule has 0 atom stereocenters. The molecule has 25 heavy (non-hydrogen) atoms. The highest BCUT2D eigenvalue weighted by Crippen LogP contribution is 2.11. The van der Waals surface area contributed by atoms with Gasteiger partial charge in [0.05, 0.1) is 12.2 Å². The third-order valence-corrected chi connectivity index (χ3v) is 3.72. The number of amides is 1. The Balaban J connectivity index is 1.90. The fraction of sp³-hybridized carbons (Fsp3) is 0.333. The first-order chi connectivity index (χ1) is 11.9. The van der Waals surface area contributed by atoms with Crippen LogP contribution in [0.1, 0.15) is 22.4 Å². The molecule has 2 rings (SSSR count). The molecule has 0 fully saturated rings. The van der Waals surface area contributed by atoms with E-state index >= 15 is 0 Å². The molecule has 0 radical (unpaired) electrons. The third-order valence-electron chi connectivity index (χ3n) is 3.72. The zero-order valence-corrected chi connectivity index (χ0v) is 14.5. The Labute approximate surface area is 145 Å². The second kappa shape index (κ2) is 8.11. The van der Waals surface area contributed by atoms with Gasteiger partial charge in [0.2, 0.25) is 5.91 Å². The molecule has 1 aromatic heterocycles. The monoisotopic (exact) mass is 340 g/mol. The molecular weight excluding hydrogens is 320 g/mol. The minimum absolute atomic E-state index is 0.0167. The summed E-state index contributed by atoms with van der Waals surface area (Å²) in [6.07, 6.45) is 0. The normalized spacial score (nSPS) is 10.2. The van der Waals surface area contributed by atoms with Crippen molar-refractivity contribution in [3.8, 4) is 11.8 Å². The van der Waals surface area contributed by atoms with E-state index in [0.29, 0.717) is 24.4 Å². The van der Waals surface area contributed by atoms with E-state index in [4.69, 9.17) is 10.00 Å². The number of ether oxygens (including phenoxy) is 1. The van der Waals surface area contributed by atoms with Crippen molar-refractivity contribution >= 4 is 5.91 Å². The Bertz CT molecular complexity index is 881. The Morgan fingerprint density at radius 1 is 1.36 bits per heavy atom. The zero-order chi connectivity index (χ0) is 18.4. The molecule has 7 heteroatoms. The molecule has 0 saturated carbocycles. The van der Waals surface area contributed by atoms with Crippen LogP contribution < -0.4 is 15.6 Å². The van der Waals surface area contributed by atoms with E-state index in [2.05, 4.69) is 10.4 Å². The lowest BCUT2D eigenvalue weighted by molar-refractivity contribution is -0.122. The average Bonchev–Trinajstić information content (AvgIpc) is 2.57. The van der Waals surface area contributed by atoms with Crippen molar-refractivity contribution < 1.29 is 9.53 Å². The summed E-state index contributed by atoms with van der Waals surface area (Å²) in [6, 6.07) is 9.49. The van der Waals surface area contributed by atoms with Crippen LogP contribution in [0.15, 0.2) is 29.1 Å². The van der Waals surface area contributed by atoms with Gasteiger partial charge in [0.25, 0.3) is 5.56 Å². The standard InChI is InChI=1S/C18H20N4O3/c1-12-5-4-6-15(9-12)25-8-7-20-17(23)11-22-18(24)16(10-19)13(2)14(3)21-22/h4-6,9H,7-8,11H2,1-3H3,(H,20,23). The topological polar surface area (TPSA) is 97.0 Å². The maximum absolute atomic E-state index is 12.1. The molecule has 1 amide bonds. The highest BCUT2D eigenvalue weighted by molar-refractivity contribution is 5.75. The van der Waals surface area contributed by atoms with Crippen LogP contribution in [0.25, 0.3) is 0 Å². The summed E-state index contributed by atoms with van der Waals surface area (Å²) in [4.78, 5) is 24.1. The molecule has 1 aromatic carbocycles. The van der Waals surface area contributed by atoms with Gasteiger partial charge in [-0.25, -0.2) is 4.68 Å². The molecule has 0 aliphatic heterocycles. The second-order valence-corrected chi connectivity index (χ2v) is 5.67. The van der Waals surface area contributed by atoms with Crippen molar-refractivity contribution in [3.63, 3.8) is 0 Å². The number of aryl methyl sites for hydroxylation is 2. The van der Waals surface area contributed by atoms with Crippen molar-refractivity contribution in [2.75, 3.05) is 13.2 Å². The van der Waals surface area contributed by atoms with E-state index in [1.807, 2.05) is 37.3 Å². The zero-order valence-electron chi connectivity index (χ0n) is 14.5. The molecule has 0 bridgehead atoms. The average molecular weight is 340 g/mol. The number of nitrogens with zero attached hydrogens (tertiary/aromatic N) is 3. The van der Waals surface area contributed by atoms with Gasteiger partial charge in [-0.2, -0.15) is 10.4 Å². The van der Waals surface area contributed by atoms with Gasteiger partial charge in [-0.15, -0.1) is 0 Å². The molecule has 1 heterocycles. The van der Waals surface area contributed by atoms with Gasteiger partial charge in [0, 0.05) is 0 Å². The van der Waals surface area contributed by atoms with E-state index in [0.717, 1.165) is 16.0 Å². The lowest BCUT2D eigenvalue weighted by atomic mass is 10.1. The van der Waals surface area contributed by atoms with Crippen LogP contribution in [0, 0.1) is 32.1 Å². The first-order valence-corrected chi connectivity index (χ1v) is 7.87. The number of nitriles is 1. The van der Waals surface area contributed by atoms with Gasteiger partial charge in [-0.3, -0.25) is 9.59 Å². The summed E-state index contributed by atoms with van der Waals surface area (Å²) in [5, 5.41) is 15.8. The molecule has 0 aliphatic carbocycles. The van der Waals surface area contributed by atoms with Crippen LogP contribution in [0.4, 0.5) is 0 Å². The Morgan fingerprint density at radius 3 is 2.80 bits per heavy atom. The van der Waals surface area contributed by atoms with Gasteiger partial charge in [-0.05, 0) is 44.0 Å². The van der Waals surface area contributed by atoms with Gasteiger partial charge in [-0.1, -0.05) is 12.1 Å². The SMILES string of the molecule is Cc1cccc(OCCNC(=O)Cn2nc(C)c(C)c(C#N)c2=O)c1. The molecule has 130 valence electrons. The molecule has 0 saturated heterocycles. The Hall–Kier alpha value is -3.14. The lowest BCUT2D eigenvalue weighted by Gasteiger charge is -2.10. The molecule has 7 nitrogen and oxygen atoms in total. The molecule has 0 unspecified atom stereocenters. The number of nitrogens with one attached hydrogen (secondary N) is 1. The fourth-order valence-electron chi connectivity index (χ4n) is 2.27. The number of benzene rings is 1. The van der Waals surface area contributed by atoms with Crippen LogP contribution in [-0.2, 0) is 11.3 Å². The molecule has 0 aliphatic rings. The first-order valence-electron chi connectivity index (χ1n) is 7.87. The van der Waals surface area contributed by atoms with Gasteiger partial charge in [0.15, 0.2) is 0 Å². The number of carbonyl (C=O) groups excluding carboxylic acids is 1. The fourth-order valence-corrected chi connectivity index (χ4v) is 2.27. The highest BCUT2D eigenvalue weighted by atomic mass is 16.5. The van der Waals surface area contributed by atoms with Gasteiger partial charge < -0.3 is 10.1 Å². The molecule has 1 N–H and O–H groups in total. The minimum atomic E-state index is -0.559. The largest absolute Gasteiger partial charge is 0.492 e. The predicted octanol–water partition coefficient (Wildman–Crippen LogP) is 1.24. The second-order valence-electron chi connectivity index (χ2n) is 5.67. The Kier molecular flexibility index (Phi) is 5.90. The number of rotatable bonds is 6. The number of aromatic nitrogens is 2.